The minimum atomic E-state index is -0.691. The maximum atomic E-state index is 12.5. The zero-order valence-corrected chi connectivity index (χ0v) is 15.6. The summed E-state index contributed by atoms with van der Waals surface area (Å²) in [6.45, 7) is 5.31. The molecule has 1 aliphatic rings. The van der Waals surface area contributed by atoms with Gasteiger partial charge >= 0.3 is 12.1 Å². The molecule has 1 fully saturated rings. The summed E-state index contributed by atoms with van der Waals surface area (Å²) in [7, 11) is 0. The highest BCUT2D eigenvalue weighted by Gasteiger charge is 2.28. The first-order valence-corrected chi connectivity index (χ1v) is 8.82. The largest absolute Gasteiger partial charge is 0.450 e. The standard InChI is InChI=1S/C17H23ClN4O4/c1-3-26-17(25)22-9-7-21(8-10-22)15(23)12(2)19-16(24)20-14-6-4-5-13(18)11-14/h4-6,11-12H,3,7-10H2,1-2H3,(H2,19,20,24)/t12-/m1/s1. The van der Waals surface area contributed by atoms with E-state index in [1.54, 1.807) is 47.9 Å². The SMILES string of the molecule is CCOC(=O)N1CCN(C(=O)[C@@H](C)NC(=O)Nc2cccc(Cl)c2)CC1. The van der Waals surface area contributed by atoms with Gasteiger partial charge in [-0.2, -0.15) is 0 Å². The molecule has 0 aliphatic carbocycles. The van der Waals surface area contributed by atoms with E-state index in [1.165, 1.54) is 0 Å². The van der Waals surface area contributed by atoms with E-state index >= 15 is 0 Å². The van der Waals surface area contributed by atoms with E-state index in [0.29, 0.717) is 43.5 Å². The molecular weight excluding hydrogens is 360 g/mol. The fraction of sp³-hybridized carbons (Fsp3) is 0.471. The second-order valence-electron chi connectivity index (χ2n) is 5.84. The Balaban J connectivity index is 1.80. The van der Waals surface area contributed by atoms with Crippen molar-refractivity contribution in [1.82, 2.24) is 15.1 Å². The van der Waals surface area contributed by atoms with E-state index in [1.807, 2.05) is 0 Å². The van der Waals surface area contributed by atoms with Crippen LogP contribution in [0.25, 0.3) is 0 Å². The van der Waals surface area contributed by atoms with Gasteiger partial charge in [0.1, 0.15) is 6.04 Å². The number of piperazine rings is 1. The van der Waals surface area contributed by atoms with Gasteiger partial charge in [-0.25, -0.2) is 9.59 Å². The molecule has 142 valence electrons. The van der Waals surface area contributed by atoms with E-state index in [-0.39, 0.29) is 12.0 Å². The number of nitrogens with one attached hydrogen (secondary N) is 2. The van der Waals surface area contributed by atoms with Gasteiger partial charge in [0.05, 0.1) is 6.61 Å². The lowest BCUT2D eigenvalue weighted by molar-refractivity contribution is -0.134. The highest BCUT2D eigenvalue weighted by Crippen LogP contribution is 2.14. The second-order valence-corrected chi connectivity index (χ2v) is 6.28. The van der Waals surface area contributed by atoms with Crippen molar-refractivity contribution in [3.63, 3.8) is 0 Å². The predicted molar refractivity (Wildman–Crippen MR) is 98.2 cm³/mol. The average Bonchev–Trinajstić information content (AvgIpc) is 2.61. The molecule has 0 aromatic heterocycles. The molecule has 1 aromatic rings. The molecule has 4 amide bonds. The van der Waals surface area contributed by atoms with Crippen molar-refractivity contribution in [2.75, 3.05) is 38.1 Å². The third-order valence-corrected chi connectivity index (χ3v) is 4.15. The number of ether oxygens (including phenoxy) is 1. The Kier molecular flexibility index (Phi) is 7.08. The van der Waals surface area contributed by atoms with Crippen molar-refractivity contribution >= 4 is 35.3 Å². The average molecular weight is 383 g/mol. The molecule has 8 nitrogen and oxygen atoms in total. The lowest BCUT2D eigenvalue weighted by atomic mass is 10.2. The van der Waals surface area contributed by atoms with Gasteiger partial charge in [0.15, 0.2) is 0 Å². The van der Waals surface area contributed by atoms with Gasteiger partial charge in [-0.3, -0.25) is 4.79 Å². The Morgan fingerprint density at radius 1 is 1.19 bits per heavy atom. The van der Waals surface area contributed by atoms with Crippen molar-refractivity contribution in [1.29, 1.82) is 0 Å². The Bertz CT molecular complexity index is 662. The lowest BCUT2D eigenvalue weighted by Crippen LogP contribution is -2.55. The Hall–Kier alpha value is -2.48. The molecule has 9 heteroatoms. The van der Waals surface area contributed by atoms with Crippen LogP contribution in [0.5, 0.6) is 0 Å². The summed E-state index contributed by atoms with van der Waals surface area (Å²) in [5, 5.41) is 5.75. The van der Waals surface area contributed by atoms with Gasteiger partial charge in [-0.05, 0) is 32.0 Å². The number of urea groups is 1. The number of benzene rings is 1. The molecule has 0 bridgehead atoms. The summed E-state index contributed by atoms with van der Waals surface area (Å²) in [4.78, 5) is 39.4. The van der Waals surface area contributed by atoms with Crippen LogP contribution in [-0.4, -0.2) is 66.7 Å². The number of nitrogens with zero attached hydrogens (tertiary/aromatic N) is 2. The van der Waals surface area contributed by atoms with Crippen LogP contribution in [0.3, 0.4) is 0 Å². The van der Waals surface area contributed by atoms with Crippen molar-refractivity contribution in [2.45, 2.75) is 19.9 Å². The van der Waals surface area contributed by atoms with Crippen molar-refractivity contribution in [3.05, 3.63) is 29.3 Å². The first-order chi connectivity index (χ1) is 12.4. The molecular formula is C17H23ClN4O4. The van der Waals surface area contributed by atoms with E-state index < -0.39 is 12.1 Å². The smallest absolute Gasteiger partial charge is 0.409 e. The maximum Gasteiger partial charge on any atom is 0.409 e. The van der Waals surface area contributed by atoms with Crippen molar-refractivity contribution in [2.24, 2.45) is 0 Å². The normalized spacial score (nSPS) is 15.2. The molecule has 0 unspecified atom stereocenters. The molecule has 1 saturated heterocycles. The van der Waals surface area contributed by atoms with Crippen LogP contribution in [0.4, 0.5) is 15.3 Å². The van der Waals surface area contributed by atoms with Crippen LogP contribution in [0, 0.1) is 0 Å². The topological polar surface area (TPSA) is 91.0 Å². The van der Waals surface area contributed by atoms with Crippen LogP contribution in [0.1, 0.15) is 13.8 Å². The Labute approximate surface area is 157 Å². The summed E-state index contributed by atoms with van der Waals surface area (Å²) in [5.74, 6) is -0.199. The number of hydrogen-bond acceptors (Lipinski definition) is 4. The minimum absolute atomic E-state index is 0.199. The maximum absolute atomic E-state index is 12.5. The van der Waals surface area contributed by atoms with E-state index in [4.69, 9.17) is 16.3 Å². The molecule has 1 atom stereocenters. The van der Waals surface area contributed by atoms with Gasteiger partial charge in [0, 0.05) is 36.9 Å². The number of halogens is 1. The number of carbonyl (C=O) groups excluding carboxylic acids is 3. The van der Waals surface area contributed by atoms with Crippen molar-refractivity contribution in [3.8, 4) is 0 Å². The van der Waals surface area contributed by atoms with Gasteiger partial charge in [0.2, 0.25) is 5.91 Å². The summed E-state index contributed by atoms with van der Waals surface area (Å²) < 4.78 is 4.95. The van der Waals surface area contributed by atoms with Crippen LogP contribution in [-0.2, 0) is 9.53 Å². The predicted octanol–water partition coefficient (Wildman–Crippen LogP) is 2.15. The quantitative estimate of drug-likeness (QED) is 0.834. The molecule has 0 saturated carbocycles. The van der Waals surface area contributed by atoms with Crippen molar-refractivity contribution < 1.29 is 19.1 Å². The number of carbonyl (C=O) groups is 3. The molecule has 1 aromatic carbocycles. The molecule has 2 N–H and O–H groups in total. The third-order valence-electron chi connectivity index (χ3n) is 3.92. The van der Waals surface area contributed by atoms with Gasteiger partial charge in [-0.15, -0.1) is 0 Å². The Morgan fingerprint density at radius 2 is 1.85 bits per heavy atom. The van der Waals surface area contributed by atoms with E-state index in [2.05, 4.69) is 10.6 Å². The number of rotatable bonds is 4. The summed E-state index contributed by atoms with van der Waals surface area (Å²) in [6.07, 6.45) is -0.369. The highest BCUT2D eigenvalue weighted by molar-refractivity contribution is 6.30. The first kappa shape index (κ1) is 19.8. The van der Waals surface area contributed by atoms with Gasteiger partial charge in [-0.1, -0.05) is 17.7 Å². The molecule has 1 heterocycles. The molecule has 26 heavy (non-hydrogen) atoms. The van der Waals surface area contributed by atoms with E-state index in [9.17, 15) is 14.4 Å². The van der Waals surface area contributed by atoms with Crippen LogP contribution in [0.15, 0.2) is 24.3 Å². The fourth-order valence-corrected chi connectivity index (χ4v) is 2.78. The summed E-state index contributed by atoms with van der Waals surface area (Å²) in [5.41, 5.74) is 0.540. The summed E-state index contributed by atoms with van der Waals surface area (Å²) in [6, 6.07) is 5.55. The van der Waals surface area contributed by atoms with Crippen LogP contribution in [0.2, 0.25) is 5.02 Å². The fourth-order valence-electron chi connectivity index (χ4n) is 2.59. The van der Waals surface area contributed by atoms with Gasteiger partial charge in [0.25, 0.3) is 0 Å². The lowest BCUT2D eigenvalue weighted by Gasteiger charge is -2.35. The van der Waals surface area contributed by atoms with E-state index in [0.717, 1.165) is 0 Å². The minimum Gasteiger partial charge on any atom is -0.450 e. The number of hydrogen-bond donors (Lipinski definition) is 2. The zero-order chi connectivity index (χ0) is 19.1. The second kappa shape index (κ2) is 9.28. The molecule has 2 rings (SSSR count). The monoisotopic (exact) mass is 382 g/mol. The van der Waals surface area contributed by atoms with Gasteiger partial charge < -0.3 is 25.2 Å². The summed E-state index contributed by atoms with van der Waals surface area (Å²) >= 11 is 5.87. The van der Waals surface area contributed by atoms with Crippen LogP contribution < -0.4 is 10.6 Å². The Morgan fingerprint density at radius 3 is 2.46 bits per heavy atom. The third kappa shape index (κ3) is 5.52. The number of amides is 4. The molecule has 0 radical (unpaired) electrons. The molecule has 0 spiro atoms. The zero-order valence-electron chi connectivity index (χ0n) is 14.8. The highest BCUT2D eigenvalue weighted by atomic mass is 35.5. The first-order valence-electron chi connectivity index (χ1n) is 8.44. The number of anilines is 1. The molecule has 1 aliphatic heterocycles. The van der Waals surface area contributed by atoms with Crippen LogP contribution >= 0.6 is 11.6 Å².